The molecule has 2 unspecified atom stereocenters. The van der Waals surface area contributed by atoms with Crippen LogP contribution in [0.25, 0.3) is 11.6 Å². The number of aromatic nitrogens is 5. The minimum Gasteiger partial charge on any atom is -0.461 e. The molecular formula is C29H34FN9O3S. The highest BCUT2D eigenvalue weighted by Crippen LogP contribution is 2.49. The number of aliphatic hydroxyl groups excluding tert-OH is 1. The predicted molar refractivity (Wildman–Crippen MR) is 154 cm³/mol. The Balaban J connectivity index is 1.14. The first-order valence-electron chi connectivity index (χ1n) is 15.1. The van der Waals surface area contributed by atoms with Gasteiger partial charge in [0.1, 0.15) is 23.8 Å². The molecule has 3 aromatic heterocycles. The van der Waals surface area contributed by atoms with Crippen LogP contribution in [0.4, 0.5) is 15.3 Å². The lowest BCUT2D eigenvalue weighted by molar-refractivity contribution is 0.107. The van der Waals surface area contributed by atoms with E-state index in [0.29, 0.717) is 53.7 Å². The van der Waals surface area contributed by atoms with Crippen molar-refractivity contribution in [1.29, 1.82) is 5.26 Å². The fraction of sp³-hybridized carbons (Fsp3) is 0.655. The van der Waals surface area contributed by atoms with Gasteiger partial charge in [0, 0.05) is 36.5 Å². The first kappa shape index (κ1) is 27.2. The van der Waals surface area contributed by atoms with Gasteiger partial charge in [-0.1, -0.05) is 5.16 Å². The molecular weight excluding hydrogens is 573 g/mol. The van der Waals surface area contributed by atoms with E-state index in [2.05, 4.69) is 26.1 Å². The summed E-state index contributed by atoms with van der Waals surface area (Å²) in [5.74, 6) is 1.88. The summed E-state index contributed by atoms with van der Waals surface area (Å²) in [5.41, 5.74) is 6.51. The van der Waals surface area contributed by atoms with Gasteiger partial charge in [-0.25, -0.2) is 4.39 Å². The van der Waals surface area contributed by atoms with Crippen molar-refractivity contribution >= 4 is 22.3 Å². The van der Waals surface area contributed by atoms with E-state index in [-0.39, 0.29) is 29.8 Å². The summed E-state index contributed by atoms with van der Waals surface area (Å²) in [6, 6.07) is 2.39. The molecule has 0 amide bonds. The zero-order chi connectivity index (χ0) is 29.5. The van der Waals surface area contributed by atoms with Gasteiger partial charge in [-0.05, 0) is 63.8 Å². The second-order valence-electron chi connectivity index (χ2n) is 13.1. The molecule has 6 atom stereocenters. The highest BCUT2D eigenvalue weighted by atomic mass is 32.1. The Kier molecular flexibility index (Phi) is 6.19. The quantitative estimate of drug-likeness (QED) is 0.422. The summed E-state index contributed by atoms with van der Waals surface area (Å²) in [4.78, 5) is 24.0. The molecule has 0 aromatic carbocycles. The van der Waals surface area contributed by atoms with E-state index in [4.69, 9.17) is 25.0 Å². The summed E-state index contributed by atoms with van der Waals surface area (Å²) in [6.45, 7) is 4.73. The average molecular weight is 608 g/mol. The Bertz CT molecular complexity index is 1620. The van der Waals surface area contributed by atoms with Crippen molar-refractivity contribution in [2.24, 2.45) is 11.8 Å². The van der Waals surface area contributed by atoms with Gasteiger partial charge in [-0.3, -0.25) is 4.90 Å². The highest BCUT2D eigenvalue weighted by molar-refractivity contribution is 7.16. The Labute approximate surface area is 252 Å². The van der Waals surface area contributed by atoms with Gasteiger partial charge in [0.05, 0.1) is 22.6 Å². The smallest absolute Gasteiger partial charge is 0.321 e. The fourth-order valence-electron chi connectivity index (χ4n) is 7.98. The number of hydrogen-bond acceptors (Lipinski definition) is 13. The zero-order valence-electron chi connectivity index (χ0n) is 24.0. The molecule has 2 aliphatic carbocycles. The normalized spacial score (nSPS) is 33.1. The maximum absolute atomic E-state index is 14.4. The predicted octanol–water partition coefficient (Wildman–Crippen LogP) is 2.85. The molecule has 6 heterocycles. The highest BCUT2D eigenvalue weighted by Gasteiger charge is 2.50. The molecule has 0 radical (unpaired) electrons. The number of anilines is 2. The molecule has 3 N–H and O–H groups in total. The lowest BCUT2D eigenvalue weighted by atomic mass is 9.72. The van der Waals surface area contributed by atoms with Crippen molar-refractivity contribution in [3.8, 4) is 23.7 Å². The van der Waals surface area contributed by atoms with Crippen LogP contribution >= 0.6 is 11.3 Å². The largest absolute Gasteiger partial charge is 0.461 e. The van der Waals surface area contributed by atoms with Crippen molar-refractivity contribution in [2.75, 3.05) is 43.4 Å². The van der Waals surface area contributed by atoms with Gasteiger partial charge in [0.15, 0.2) is 0 Å². The minimum absolute atomic E-state index is 0.117. The van der Waals surface area contributed by atoms with E-state index in [1.54, 1.807) is 0 Å². The Hall–Kier alpha value is -3.41. The molecule has 4 fully saturated rings. The number of β-amino-alcohol motifs (C(OH)–C–C–N with tert-alkyl or cyclic N) is 1. The molecule has 3 saturated heterocycles. The summed E-state index contributed by atoms with van der Waals surface area (Å²) in [7, 11) is 0. The number of ether oxygens (including phenoxy) is 1. The second-order valence-corrected chi connectivity index (χ2v) is 14.2. The number of thiophene rings is 1. The SMILES string of the molecule is C[C@]1(c2nc(-c3nc(OC[C@@]45CCCN4C[C@H](F)C5)nc(N4CC(O)C5C[C@@H]5C4)n3)no2)CCCc2sc(N)c(C#N)c21. The van der Waals surface area contributed by atoms with Crippen molar-refractivity contribution in [1.82, 2.24) is 30.0 Å². The number of hydrogen-bond donors (Lipinski definition) is 2. The van der Waals surface area contributed by atoms with E-state index in [9.17, 15) is 14.8 Å². The lowest BCUT2D eigenvalue weighted by Crippen LogP contribution is -2.44. The van der Waals surface area contributed by atoms with E-state index in [1.807, 2.05) is 11.8 Å². The molecule has 0 spiro atoms. The van der Waals surface area contributed by atoms with Gasteiger partial charge in [-0.15, -0.1) is 11.3 Å². The van der Waals surface area contributed by atoms with Gasteiger partial charge in [0.2, 0.25) is 23.5 Å². The Morgan fingerprint density at radius 1 is 1.19 bits per heavy atom. The number of nitrogens with zero attached hydrogens (tertiary/aromatic N) is 8. The number of nitriles is 1. The van der Waals surface area contributed by atoms with Crippen molar-refractivity contribution < 1.29 is 18.8 Å². The van der Waals surface area contributed by atoms with E-state index in [1.165, 1.54) is 11.3 Å². The van der Waals surface area contributed by atoms with Crippen LogP contribution in [0, 0.1) is 23.2 Å². The van der Waals surface area contributed by atoms with Crippen LogP contribution < -0.4 is 15.4 Å². The standard InChI is InChI=1S/C29H34FN9O3S/c1-28(5-2-4-20-21(28)18(10-31)22(32)43-20)25-33-24(37-42-25)23-34-26(38-11-15-8-17(15)19(40)13-38)36-27(35-23)41-14-29-6-3-7-39(29)12-16(30)9-29/h15-17,19,40H,2-9,11-14,32H2,1H3/t15-,16-,17?,19?,28+,29+/m1/s1. The van der Waals surface area contributed by atoms with Crippen LogP contribution in [0.1, 0.15) is 67.3 Å². The Morgan fingerprint density at radius 2 is 2.07 bits per heavy atom. The number of nitrogens with two attached hydrogens (primary N) is 1. The van der Waals surface area contributed by atoms with Crippen LogP contribution in [-0.4, -0.2) is 85.7 Å². The number of fused-ring (bicyclic) bond motifs is 3. The number of nitrogen functional groups attached to an aromatic ring is 1. The Morgan fingerprint density at radius 3 is 2.91 bits per heavy atom. The first-order valence-corrected chi connectivity index (χ1v) is 16.0. The maximum Gasteiger partial charge on any atom is 0.321 e. The van der Waals surface area contributed by atoms with Gasteiger partial charge in [0.25, 0.3) is 0 Å². The van der Waals surface area contributed by atoms with Gasteiger partial charge < -0.3 is 25.0 Å². The van der Waals surface area contributed by atoms with Crippen LogP contribution in [0.5, 0.6) is 6.01 Å². The summed E-state index contributed by atoms with van der Waals surface area (Å²) >= 11 is 1.45. The van der Waals surface area contributed by atoms with Crippen LogP contribution in [0.3, 0.4) is 0 Å². The third kappa shape index (κ3) is 4.38. The van der Waals surface area contributed by atoms with Crippen molar-refractivity contribution in [3.63, 3.8) is 0 Å². The summed E-state index contributed by atoms with van der Waals surface area (Å²) in [5, 5.41) is 25.3. The molecule has 14 heteroatoms. The van der Waals surface area contributed by atoms with Crippen molar-refractivity contribution in [2.45, 2.75) is 75.1 Å². The zero-order valence-corrected chi connectivity index (χ0v) is 24.8. The maximum atomic E-state index is 14.4. The summed E-state index contributed by atoms with van der Waals surface area (Å²) in [6.07, 6.45) is 4.47. The molecule has 0 bridgehead atoms. The number of aliphatic hydroxyl groups is 1. The van der Waals surface area contributed by atoms with E-state index in [0.717, 1.165) is 62.1 Å². The van der Waals surface area contributed by atoms with E-state index < -0.39 is 17.7 Å². The lowest BCUT2D eigenvalue weighted by Gasteiger charge is -2.31. The molecule has 3 aromatic rings. The van der Waals surface area contributed by atoms with Gasteiger partial charge in [-0.2, -0.15) is 25.2 Å². The van der Waals surface area contributed by atoms with E-state index >= 15 is 0 Å². The molecule has 12 nitrogen and oxygen atoms in total. The second kappa shape index (κ2) is 9.80. The molecule has 5 aliphatic rings. The summed E-state index contributed by atoms with van der Waals surface area (Å²) < 4.78 is 26.5. The average Bonchev–Trinajstić information content (AvgIpc) is 3.27. The molecule has 3 aliphatic heterocycles. The topological polar surface area (TPSA) is 163 Å². The molecule has 226 valence electrons. The molecule has 1 saturated carbocycles. The number of alkyl halides is 1. The third-order valence-corrected chi connectivity index (χ3v) is 11.4. The minimum atomic E-state index is -0.866. The molecule has 43 heavy (non-hydrogen) atoms. The molecule has 8 rings (SSSR count). The van der Waals surface area contributed by atoms with Crippen LogP contribution in [0.2, 0.25) is 0 Å². The number of piperidine rings is 1. The number of aryl methyl sites for hydroxylation is 1. The first-order chi connectivity index (χ1) is 20.8. The van der Waals surface area contributed by atoms with Crippen LogP contribution in [0.15, 0.2) is 4.52 Å². The fourth-order valence-corrected chi connectivity index (χ4v) is 9.17. The van der Waals surface area contributed by atoms with Crippen molar-refractivity contribution in [3.05, 3.63) is 21.9 Å². The van der Waals surface area contributed by atoms with Gasteiger partial charge >= 0.3 is 6.01 Å². The number of halogens is 1. The number of rotatable bonds is 6. The third-order valence-electron chi connectivity index (χ3n) is 10.3. The monoisotopic (exact) mass is 607 g/mol. The van der Waals surface area contributed by atoms with Crippen LogP contribution in [-0.2, 0) is 11.8 Å².